The minimum atomic E-state index is -2.37. The van der Waals surface area contributed by atoms with Crippen LogP contribution in [0, 0.1) is 12.8 Å². The third-order valence-electron chi connectivity index (χ3n) is 1.17. The Balaban J connectivity index is 0.000000490. The van der Waals surface area contributed by atoms with Gasteiger partial charge in [0.2, 0.25) is 5.92 Å². The van der Waals surface area contributed by atoms with Gasteiger partial charge in [-0.25, -0.2) is 8.78 Å². The quantitative estimate of drug-likeness (QED) is 0.524. The van der Waals surface area contributed by atoms with E-state index in [4.69, 9.17) is 0 Å². The molecule has 0 aromatic rings. The largest absolute Gasteiger partial charge is 0.344 e. The van der Waals surface area contributed by atoms with Crippen LogP contribution >= 0.6 is 0 Å². The van der Waals surface area contributed by atoms with Gasteiger partial charge in [-0.3, -0.25) is 0 Å². The van der Waals surface area contributed by atoms with Gasteiger partial charge in [0, 0.05) is 12.8 Å². The van der Waals surface area contributed by atoms with E-state index in [1.807, 2.05) is 0 Å². The first-order valence-corrected chi connectivity index (χ1v) is 2.31. The molecule has 1 rings (SSSR count). The standard InChI is InChI=1S/C5H7F2.H3N/c1-4-2-5(6,7)3-4;/h4H,1-3H2;1H3. The zero-order valence-electron chi connectivity index (χ0n) is 4.66. The highest BCUT2D eigenvalue weighted by Crippen LogP contribution is 2.41. The topological polar surface area (TPSA) is 35.0 Å². The molecule has 0 bridgehead atoms. The summed E-state index contributed by atoms with van der Waals surface area (Å²) < 4.78 is 23.5. The van der Waals surface area contributed by atoms with E-state index in [0.29, 0.717) is 0 Å². The van der Waals surface area contributed by atoms with E-state index in [1.165, 1.54) is 0 Å². The summed E-state index contributed by atoms with van der Waals surface area (Å²) >= 11 is 0. The van der Waals surface area contributed by atoms with E-state index in [9.17, 15) is 8.78 Å². The van der Waals surface area contributed by atoms with Gasteiger partial charge >= 0.3 is 0 Å². The van der Waals surface area contributed by atoms with Gasteiger partial charge < -0.3 is 6.15 Å². The van der Waals surface area contributed by atoms with Crippen LogP contribution in [-0.2, 0) is 0 Å². The Morgan fingerprint density at radius 3 is 1.75 bits per heavy atom. The molecule has 0 aromatic heterocycles. The Morgan fingerprint density at radius 2 is 1.75 bits per heavy atom. The fourth-order valence-corrected chi connectivity index (χ4v) is 0.785. The van der Waals surface area contributed by atoms with Crippen molar-refractivity contribution in [3.8, 4) is 0 Å². The maximum atomic E-state index is 11.7. The molecule has 0 unspecified atom stereocenters. The van der Waals surface area contributed by atoms with E-state index < -0.39 is 5.92 Å². The van der Waals surface area contributed by atoms with Crippen LogP contribution in [0.1, 0.15) is 12.8 Å². The lowest BCUT2D eigenvalue weighted by Gasteiger charge is -2.31. The van der Waals surface area contributed by atoms with Crippen molar-refractivity contribution in [2.75, 3.05) is 0 Å². The molecule has 1 nitrogen and oxygen atoms in total. The molecule has 0 heterocycles. The molecule has 1 radical (unpaired) electrons. The first-order valence-electron chi connectivity index (χ1n) is 2.31. The molecular formula is C5H10F2N. The number of alkyl halides is 2. The van der Waals surface area contributed by atoms with Gasteiger partial charge in [-0.15, -0.1) is 0 Å². The van der Waals surface area contributed by atoms with Crippen molar-refractivity contribution in [2.24, 2.45) is 5.92 Å². The Hall–Kier alpha value is -0.180. The molecule has 1 aliphatic carbocycles. The molecule has 0 spiro atoms. The first-order chi connectivity index (χ1) is 3.10. The Labute approximate surface area is 47.7 Å². The summed E-state index contributed by atoms with van der Waals surface area (Å²) in [4.78, 5) is 0. The highest BCUT2D eigenvalue weighted by atomic mass is 19.3. The smallest absolute Gasteiger partial charge is 0.248 e. The number of hydrogen-bond acceptors (Lipinski definition) is 1. The zero-order chi connectivity index (χ0) is 5.49. The van der Waals surface area contributed by atoms with Crippen molar-refractivity contribution in [1.82, 2.24) is 6.15 Å². The molecule has 0 aromatic carbocycles. The van der Waals surface area contributed by atoms with E-state index in [0.717, 1.165) is 0 Å². The molecule has 1 fully saturated rings. The molecule has 0 saturated heterocycles. The van der Waals surface area contributed by atoms with Crippen LogP contribution in [0.15, 0.2) is 0 Å². The maximum absolute atomic E-state index is 11.7. The number of rotatable bonds is 0. The zero-order valence-corrected chi connectivity index (χ0v) is 4.66. The molecule has 1 saturated carbocycles. The lowest BCUT2D eigenvalue weighted by molar-refractivity contribution is -0.0970. The van der Waals surface area contributed by atoms with Crippen molar-refractivity contribution in [3.63, 3.8) is 0 Å². The minimum Gasteiger partial charge on any atom is -0.344 e. The van der Waals surface area contributed by atoms with Gasteiger partial charge in [0.15, 0.2) is 0 Å². The first kappa shape index (κ1) is 7.82. The molecule has 0 aliphatic heterocycles. The predicted octanol–water partition coefficient (Wildman–Crippen LogP) is 2.03. The molecule has 8 heavy (non-hydrogen) atoms. The van der Waals surface area contributed by atoms with Gasteiger partial charge in [-0.1, -0.05) is 0 Å². The van der Waals surface area contributed by atoms with Gasteiger partial charge in [-0.05, 0) is 12.8 Å². The SMILES string of the molecule is N.[CH2]C1CC(F)(F)C1. The van der Waals surface area contributed by atoms with Crippen molar-refractivity contribution in [2.45, 2.75) is 18.8 Å². The molecule has 3 heteroatoms. The van der Waals surface area contributed by atoms with Crippen LogP contribution in [0.5, 0.6) is 0 Å². The van der Waals surface area contributed by atoms with Crippen molar-refractivity contribution in [3.05, 3.63) is 6.92 Å². The van der Waals surface area contributed by atoms with Gasteiger partial charge in [0.1, 0.15) is 0 Å². The minimum absolute atomic E-state index is 0. The summed E-state index contributed by atoms with van der Waals surface area (Å²) in [6.45, 7) is 3.46. The van der Waals surface area contributed by atoms with Crippen LogP contribution in [0.4, 0.5) is 8.78 Å². The fourth-order valence-electron chi connectivity index (χ4n) is 0.785. The van der Waals surface area contributed by atoms with Gasteiger partial charge in [-0.2, -0.15) is 0 Å². The van der Waals surface area contributed by atoms with E-state index in [2.05, 4.69) is 6.92 Å². The van der Waals surface area contributed by atoms with E-state index in [-0.39, 0.29) is 24.9 Å². The normalized spacial score (nSPS) is 25.9. The second kappa shape index (κ2) is 1.97. The lowest BCUT2D eigenvalue weighted by Crippen LogP contribution is -2.33. The summed E-state index contributed by atoms with van der Waals surface area (Å²) in [5, 5.41) is 0. The van der Waals surface area contributed by atoms with Crippen LogP contribution in [0.25, 0.3) is 0 Å². The van der Waals surface area contributed by atoms with Crippen molar-refractivity contribution < 1.29 is 8.78 Å². The Bertz CT molecular complexity index is 74.5. The molecule has 49 valence electrons. The molecule has 0 amide bonds. The third kappa shape index (κ3) is 1.40. The van der Waals surface area contributed by atoms with Crippen molar-refractivity contribution in [1.29, 1.82) is 0 Å². The Morgan fingerprint density at radius 1 is 1.38 bits per heavy atom. The highest BCUT2D eigenvalue weighted by Gasteiger charge is 2.42. The maximum Gasteiger partial charge on any atom is 0.248 e. The van der Waals surface area contributed by atoms with Crippen molar-refractivity contribution >= 4 is 0 Å². The highest BCUT2D eigenvalue weighted by molar-refractivity contribution is 4.86. The van der Waals surface area contributed by atoms with Crippen LogP contribution in [0.3, 0.4) is 0 Å². The average molecular weight is 122 g/mol. The van der Waals surface area contributed by atoms with Gasteiger partial charge in [0.25, 0.3) is 0 Å². The van der Waals surface area contributed by atoms with E-state index >= 15 is 0 Å². The summed E-state index contributed by atoms with van der Waals surface area (Å²) in [7, 11) is 0. The summed E-state index contributed by atoms with van der Waals surface area (Å²) in [6.07, 6.45) is -0.0139. The number of hydrogen-bond donors (Lipinski definition) is 1. The molecule has 0 atom stereocenters. The third-order valence-corrected chi connectivity index (χ3v) is 1.17. The van der Waals surface area contributed by atoms with Gasteiger partial charge in [0.05, 0.1) is 0 Å². The lowest BCUT2D eigenvalue weighted by atomic mass is 9.83. The second-order valence-electron chi connectivity index (χ2n) is 2.13. The molecular weight excluding hydrogens is 112 g/mol. The summed E-state index contributed by atoms with van der Waals surface area (Å²) in [6, 6.07) is 0. The Kier molecular flexibility index (Phi) is 1.93. The predicted molar refractivity (Wildman–Crippen MR) is 28.1 cm³/mol. The van der Waals surface area contributed by atoms with Crippen LogP contribution in [0.2, 0.25) is 0 Å². The average Bonchev–Trinajstić information content (AvgIpc) is 1.27. The summed E-state index contributed by atoms with van der Waals surface area (Å²) in [5.74, 6) is -2.36. The van der Waals surface area contributed by atoms with Crippen LogP contribution in [-0.4, -0.2) is 5.92 Å². The number of halogens is 2. The fraction of sp³-hybridized carbons (Fsp3) is 0.800. The van der Waals surface area contributed by atoms with Crippen LogP contribution < -0.4 is 6.15 Å². The molecule has 3 N–H and O–H groups in total. The molecule has 1 aliphatic rings. The summed E-state index contributed by atoms with van der Waals surface area (Å²) in [5.41, 5.74) is 0. The monoisotopic (exact) mass is 122 g/mol. The van der Waals surface area contributed by atoms with E-state index in [1.54, 1.807) is 0 Å². The second-order valence-corrected chi connectivity index (χ2v) is 2.13.